The minimum atomic E-state index is -1.48. The molecule has 2 aliphatic heterocycles. The van der Waals surface area contributed by atoms with Crippen molar-refractivity contribution in [1.29, 1.82) is 0 Å². The van der Waals surface area contributed by atoms with Gasteiger partial charge < -0.3 is 14.9 Å². The van der Waals surface area contributed by atoms with Crippen LogP contribution in [0.1, 0.15) is 41.9 Å². The van der Waals surface area contributed by atoms with Crippen molar-refractivity contribution >= 4 is 35.3 Å². The van der Waals surface area contributed by atoms with Gasteiger partial charge in [0.1, 0.15) is 11.5 Å². The number of carboxylic acids is 1. The van der Waals surface area contributed by atoms with Crippen molar-refractivity contribution in [2.24, 2.45) is 23.7 Å². The molecule has 4 aliphatic rings. The zero-order chi connectivity index (χ0) is 33.9. The average molecular weight is 650 g/mol. The number of aromatic hydroxyl groups is 1. The first-order chi connectivity index (χ1) is 23.1. The maximum atomic E-state index is 15.2. The van der Waals surface area contributed by atoms with E-state index in [2.05, 4.69) is 5.43 Å². The van der Waals surface area contributed by atoms with E-state index in [1.807, 2.05) is 55.5 Å². The van der Waals surface area contributed by atoms with Gasteiger partial charge in [0, 0.05) is 24.1 Å². The fourth-order valence-corrected chi connectivity index (χ4v) is 8.52. The number of anilines is 1. The first-order valence-corrected chi connectivity index (χ1v) is 16.0. The van der Waals surface area contributed by atoms with Crippen molar-refractivity contribution in [2.45, 2.75) is 37.5 Å². The quantitative estimate of drug-likeness (QED) is 0.241. The molecule has 0 unspecified atom stereocenters. The van der Waals surface area contributed by atoms with Gasteiger partial charge in [-0.2, -0.15) is 5.01 Å². The first-order valence-electron chi connectivity index (χ1n) is 16.0. The summed E-state index contributed by atoms with van der Waals surface area (Å²) in [6.45, 7) is 1.70. The Hall–Kier alpha value is -5.45. The minimum Gasteiger partial charge on any atom is -0.508 e. The summed E-state index contributed by atoms with van der Waals surface area (Å²) >= 11 is 0. The summed E-state index contributed by atoms with van der Waals surface area (Å²) in [5.74, 6) is -6.59. The topological polar surface area (TPSA) is 154 Å². The van der Waals surface area contributed by atoms with Gasteiger partial charge in [-0.15, -0.1) is 0 Å². The first kappa shape index (κ1) is 31.2. The van der Waals surface area contributed by atoms with E-state index in [-0.39, 0.29) is 31.6 Å². The zero-order valence-corrected chi connectivity index (χ0v) is 26.5. The van der Waals surface area contributed by atoms with Crippen LogP contribution in [0.5, 0.6) is 11.5 Å². The third kappa shape index (κ3) is 4.59. The van der Waals surface area contributed by atoms with Crippen molar-refractivity contribution in [3.8, 4) is 11.5 Å². The lowest BCUT2D eigenvalue weighted by Gasteiger charge is -2.50. The van der Waals surface area contributed by atoms with Crippen LogP contribution < -0.4 is 10.2 Å². The maximum absolute atomic E-state index is 15.2. The number of likely N-dealkylation sites (tertiary alicyclic amines) is 1. The second-order valence-electron chi connectivity index (χ2n) is 13.0. The molecule has 3 N–H and O–H groups in total. The molecular weight excluding hydrogens is 614 g/mol. The van der Waals surface area contributed by atoms with Gasteiger partial charge >= 0.3 is 5.97 Å². The summed E-state index contributed by atoms with van der Waals surface area (Å²) in [6.07, 6.45) is 1.87. The molecule has 7 rings (SSSR count). The Bertz CT molecular complexity index is 1870. The van der Waals surface area contributed by atoms with Crippen molar-refractivity contribution in [3.05, 3.63) is 101 Å². The number of benzene rings is 3. The van der Waals surface area contributed by atoms with E-state index in [0.717, 1.165) is 21.0 Å². The summed E-state index contributed by atoms with van der Waals surface area (Å²) in [4.78, 5) is 69.8. The molecule has 3 aromatic rings. The Morgan fingerprint density at radius 3 is 2.38 bits per heavy atom. The van der Waals surface area contributed by atoms with Gasteiger partial charge in [-0.3, -0.25) is 34.3 Å². The molecule has 1 saturated carbocycles. The van der Waals surface area contributed by atoms with Gasteiger partial charge in [-0.05, 0) is 49.4 Å². The fraction of sp³-hybridized carbons (Fsp3) is 0.324. The Balaban J connectivity index is 1.44. The summed E-state index contributed by atoms with van der Waals surface area (Å²) < 4.78 is 5.78. The highest BCUT2D eigenvalue weighted by molar-refractivity contribution is 6.13. The number of ether oxygens (including phenoxy) is 1. The van der Waals surface area contributed by atoms with Crippen molar-refractivity contribution in [3.63, 3.8) is 0 Å². The highest BCUT2D eigenvalue weighted by Gasteiger charge is 2.70. The molecule has 2 heterocycles. The number of allylic oxidation sites excluding steroid dienone is 2. The van der Waals surface area contributed by atoms with Crippen molar-refractivity contribution in [1.82, 2.24) is 9.91 Å². The second-order valence-corrected chi connectivity index (χ2v) is 13.0. The van der Waals surface area contributed by atoms with Crippen LogP contribution in [-0.2, 0) is 29.4 Å². The van der Waals surface area contributed by atoms with E-state index in [4.69, 9.17) is 4.74 Å². The van der Waals surface area contributed by atoms with E-state index >= 15 is 4.79 Å². The van der Waals surface area contributed by atoms with Crippen molar-refractivity contribution in [2.75, 3.05) is 19.1 Å². The van der Waals surface area contributed by atoms with E-state index in [9.17, 15) is 29.4 Å². The molecule has 0 radical (unpaired) electrons. The minimum absolute atomic E-state index is 0.0481. The predicted octanol–water partition coefficient (Wildman–Crippen LogP) is 4.17. The standard InChI is InChI=1S/C37H35N3O8/c1-20-8-10-22(11-9-20)38-40-34(45)28-19-27-24(14-15-26-31(27)35(46)39(33(26)44)17-16-30(42)43)32(25-13-12-23(41)18-29(25)48-2)37(28,36(40)47)21-6-4-3-5-7-21/h3-14,18,26-28,31-32,38,41H,15-17,19H2,1-2H3,(H,42,43)/t26-,27+,28-,31-,32+,37+/m0/s1. The van der Waals surface area contributed by atoms with Gasteiger partial charge in [0.05, 0.1) is 42.4 Å². The number of rotatable bonds is 8. The van der Waals surface area contributed by atoms with Crippen LogP contribution in [0.4, 0.5) is 5.69 Å². The SMILES string of the molecule is COc1cc(O)ccc1[C@H]1C2=CC[C@@H]3C(=O)N(CCC(=O)O)C(=O)[C@@H]3[C@@H]2C[C@H]2C(=O)N(Nc3ccc(C)cc3)C(=O)[C@@]12c1ccccc1. The number of carbonyl (C=O) groups excluding carboxylic acids is 4. The molecular formula is C37H35N3O8. The number of nitrogens with zero attached hydrogens (tertiary/aromatic N) is 2. The maximum Gasteiger partial charge on any atom is 0.305 e. The Morgan fingerprint density at radius 1 is 0.958 bits per heavy atom. The predicted molar refractivity (Wildman–Crippen MR) is 172 cm³/mol. The number of carbonyl (C=O) groups is 5. The number of carboxylic acid groups (broad SMARTS) is 1. The summed E-state index contributed by atoms with van der Waals surface area (Å²) in [5, 5.41) is 20.8. The van der Waals surface area contributed by atoms with E-state index in [1.165, 1.54) is 19.2 Å². The molecule has 3 aromatic carbocycles. The number of methoxy groups -OCH3 is 1. The van der Waals surface area contributed by atoms with Gasteiger partial charge in [-0.1, -0.05) is 65.7 Å². The Kier molecular flexibility index (Phi) is 7.57. The molecule has 48 heavy (non-hydrogen) atoms. The molecule has 0 aromatic heterocycles. The van der Waals surface area contributed by atoms with Crippen LogP contribution in [0.3, 0.4) is 0 Å². The van der Waals surface area contributed by atoms with Gasteiger partial charge in [0.2, 0.25) is 11.8 Å². The van der Waals surface area contributed by atoms with Crippen LogP contribution in [0.15, 0.2) is 84.4 Å². The monoisotopic (exact) mass is 649 g/mol. The Morgan fingerprint density at radius 2 is 1.69 bits per heavy atom. The number of phenolic OH excluding ortho intramolecular Hbond substituents is 1. The van der Waals surface area contributed by atoms with Crippen molar-refractivity contribution < 1.29 is 38.9 Å². The largest absolute Gasteiger partial charge is 0.508 e. The number of hydrogen-bond donors (Lipinski definition) is 3. The molecule has 246 valence electrons. The molecule has 3 fully saturated rings. The van der Waals surface area contributed by atoms with Crippen LogP contribution in [-0.4, -0.2) is 63.4 Å². The third-order valence-corrected chi connectivity index (χ3v) is 10.6. The highest BCUT2D eigenvalue weighted by Crippen LogP contribution is 2.65. The number of imide groups is 2. The fourth-order valence-electron chi connectivity index (χ4n) is 8.52. The lowest BCUT2D eigenvalue weighted by Crippen LogP contribution is -2.53. The van der Waals surface area contributed by atoms with Crippen LogP contribution in [0.25, 0.3) is 0 Å². The second kappa shape index (κ2) is 11.7. The van der Waals surface area contributed by atoms with Gasteiger partial charge in [0.25, 0.3) is 11.8 Å². The third-order valence-electron chi connectivity index (χ3n) is 10.6. The number of phenols is 1. The zero-order valence-electron chi connectivity index (χ0n) is 26.5. The number of hydrazine groups is 1. The average Bonchev–Trinajstić information content (AvgIpc) is 3.45. The Labute approximate surface area is 276 Å². The summed E-state index contributed by atoms with van der Waals surface area (Å²) in [7, 11) is 1.46. The number of fused-ring (bicyclic) bond motifs is 4. The lowest BCUT2D eigenvalue weighted by molar-refractivity contribution is -0.143. The number of aryl methyl sites for hydroxylation is 1. The molecule has 4 amide bonds. The molecule has 0 spiro atoms. The van der Waals surface area contributed by atoms with E-state index < -0.39 is 64.6 Å². The molecule has 11 heteroatoms. The molecule has 2 saturated heterocycles. The van der Waals surface area contributed by atoms with Crippen LogP contribution in [0, 0.1) is 30.6 Å². The molecule has 0 bridgehead atoms. The number of amides is 4. The van der Waals surface area contributed by atoms with E-state index in [0.29, 0.717) is 22.6 Å². The molecule has 11 nitrogen and oxygen atoms in total. The lowest BCUT2D eigenvalue weighted by atomic mass is 9.49. The number of hydrogen-bond acceptors (Lipinski definition) is 8. The molecule has 6 atom stereocenters. The highest BCUT2D eigenvalue weighted by atomic mass is 16.5. The smallest absolute Gasteiger partial charge is 0.305 e. The molecule has 2 aliphatic carbocycles. The van der Waals surface area contributed by atoms with Gasteiger partial charge in [-0.25, -0.2) is 0 Å². The summed E-state index contributed by atoms with van der Waals surface area (Å²) in [5.41, 5.74) is 5.04. The van der Waals surface area contributed by atoms with Crippen LogP contribution >= 0.6 is 0 Å². The van der Waals surface area contributed by atoms with Gasteiger partial charge in [0.15, 0.2) is 0 Å². The normalized spacial score (nSPS) is 27.7. The number of aliphatic carboxylic acids is 1. The van der Waals surface area contributed by atoms with E-state index in [1.54, 1.807) is 18.2 Å². The van der Waals surface area contributed by atoms with Crippen LogP contribution in [0.2, 0.25) is 0 Å². The summed E-state index contributed by atoms with van der Waals surface area (Å²) in [6, 6.07) is 21.1. The number of nitrogens with one attached hydrogen (secondary N) is 1.